The molecule has 0 radical (unpaired) electrons. The van der Waals surface area contributed by atoms with E-state index in [9.17, 15) is 5.11 Å². The van der Waals surface area contributed by atoms with Gasteiger partial charge in [0.05, 0.1) is 25.5 Å². The number of thiophene rings is 1. The monoisotopic (exact) mass is 437 g/mol. The van der Waals surface area contributed by atoms with Crippen molar-refractivity contribution in [2.24, 2.45) is 0 Å². The molecule has 3 N–H and O–H groups in total. The van der Waals surface area contributed by atoms with E-state index in [2.05, 4.69) is 37.6 Å². The smallest absolute Gasteiger partial charge is 0.231 e. The molecule has 1 aliphatic rings. The van der Waals surface area contributed by atoms with Crippen LogP contribution in [0.5, 0.6) is 0 Å². The predicted octanol–water partition coefficient (Wildman–Crippen LogP) is 2.86. The summed E-state index contributed by atoms with van der Waals surface area (Å²) in [5.41, 5.74) is 4.42. The fourth-order valence-electron chi connectivity index (χ4n) is 3.54. The molecule has 5 rings (SSSR count). The number of hydrogen-bond acceptors (Lipinski definition) is 9. The predicted molar refractivity (Wildman–Crippen MR) is 123 cm³/mol. The largest absolute Gasteiger partial charge is 0.395 e. The Bertz CT molecular complexity index is 1140. The first-order valence-corrected chi connectivity index (χ1v) is 11.1. The second-order valence-electron chi connectivity index (χ2n) is 7.09. The normalized spacial score (nSPS) is 14.2. The van der Waals surface area contributed by atoms with E-state index in [1.807, 2.05) is 33.5 Å². The number of aromatic nitrogens is 4. The van der Waals surface area contributed by atoms with Gasteiger partial charge >= 0.3 is 0 Å². The van der Waals surface area contributed by atoms with Gasteiger partial charge in [0.15, 0.2) is 17.0 Å². The van der Waals surface area contributed by atoms with Crippen LogP contribution in [-0.4, -0.2) is 64.1 Å². The van der Waals surface area contributed by atoms with Gasteiger partial charge in [0.25, 0.3) is 0 Å². The summed E-state index contributed by atoms with van der Waals surface area (Å²) in [4.78, 5) is 16.1. The van der Waals surface area contributed by atoms with Gasteiger partial charge in [-0.25, -0.2) is 4.98 Å². The van der Waals surface area contributed by atoms with Gasteiger partial charge in [-0.15, -0.1) is 0 Å². The highest BCUT2D eigenvalue weighted by atomic mass is 32.1. The number of hydrogen-bond donors (Lipinski definition) is 3. The highest BCUT2D eigenvalue weighted by Crippen LogP contribution is 2.26. The van der Waals surface area contributed by atoms with Gasteiger partial charge < -0.3 is 25.4 Å². The van der Waals surface area contributed by atoms with Crippen LogP contribution in [0, 0.1) is 0 Å². The van der Waals surface area contributed by atoms with Crippen LogP contribution in [0.25, 0.3) is 16.9 Å². The van der Waals surface area contributed by atoms with E-state index in [1.165, 1.54) is 5.69 Å². The Kier molecular flexibility index (Phi) is 5.65. The van der Waals surface area contributed by atoms with Crippen molar-refractivity contribution in [1.82, 2.24) is 19.5 Å². The number of rotatable bonds is 7. The molecule has 1 aromatic carbocycles. The van der Waals surface area contributed by atoms with E-state index >= 15 is 0 Å². The summed E-state index contributed by atoms with van der Waals surface area (Å²) in [5.74, 6) is 1.05. The lowest BCUT2D eigenvalue weighted by atomic mass is 10.2. The summed E-state index contributed by atoms with van der Waals surface area (Å²) in [5, 5.41) is 19.7. The number of aliphatic hydroxyl groups is 1. The average molecular weight is 438 g/mol. The quantitative estimate of drug-likeness (QED) is 0.406. The van der Waals surface area contributed by atoms with Gasteiger partial charge in [0, 0.05) is 36.4 Å². The lowest BCUT2D eigenvalue weighted by Crippen LogP contribution is -2.36. The van der Waals surface area contributed by atoms with E-state index in [0.29, 0.717) is 29.5 Å². The Labute approximate surface area is 183 Å². The molecule has 9 nitrogen and oxygen atoms in total. The van der Waals surface area contributed by atoms with E-state index in [1.54, 1.807) is 17.7 Å². The SMILES string of the molecule is OCCNc1nc(Nc2ccc(N3CCOCC3)cc2)nc2c1ncn2-c1ccsc1. The first kappa shape index (κ1) is 19.7. The molecule has 160 valence electrons. The highest BCUT2D eigenvalue weighted by molar-refractivity contribution is 7.08. The summed E-state index contributed by atoms with van der Waals surface area (Å²) in [6, 6.07) is 10.2. The molecule has 31 heavy (non-hydrogen) atoms. The van der Waals surface area contributed by atoms with Gasteiger partial charge in [-0.1, -0.05) is 0 Å². The average Bonchev–Trinajstić information content (AvgIpc) is 3.48. The number of fused-ring (bicyclic) bond motifs is 1. The van der Waals surface area contributed by atoms with Crippen molar-refractivity contribution in [3.05, 3.63) is 47.4 Å². The Morgan fingerprint density at radius 3 is 2.65 bits per heavy atom. The van der Waals surface area contributed by atoms with E-state index in [0.717, 1.165) is 37.7 Å². The summed E-state index contributed by atoms with van der Waals surface area (Å²) in [6.07, 6.45) is 1.74. The minimum absolute atomic E-state index is 0.00248. The van der Waals surface area contributed by atoms with Crippen LogP contribution in [0.4, 0.5) is 23.1 Å². The maximum Gasteiger partial charge on any atom is 0.231 e. The molecule has 4 aromatic rings. The van der Waals surface area contributed by atoms with Crippen LogP contribution in [-0.2, 0) is 4.74 Å². The minimum Gasteiger partial charge on any atom is -0.395 e. The maximum atomic E-state index is 9.24. The lowest BCUT2D eigenvalue weighted by Gasteiger charge is -2.28. The second kappa shape index (κ2) is 8.88. The molecular weight excluding hydrogens is 414 g/mol. The summed E-state index contributed by atoms with van der Waals surface area (Å²) in [7, 11) is 0. The zero-order chi connectivity index (χ0) is 21.0. The number of morpholine rings is 1. The molecule has 0 spiro atoms. The number of benzene rings is 1. The Hall–Kier alpha value is -3.21. The third kappa shape index (κ3) is 4.18. The molecule has 0 saturated carbocycles. The third-order valence-electron chi connectivity index (χ3n) is 5.08. The van der Waals surface area contributed by atoms with E-state index in [-0.39, 0.29) is 6.61 Å². The van der Waals surface area contributed by atoms with Crippen molar-refractivity contribution in [2.45, 2.75) is 0 Å². The molecule has 0 unspecified atom stereocenters. The van der Waals surface area contributed by atoms with E-state index in [4.69, 9.17) is 9.72 Å². The number of nitrogens with one attached hydrogen (secondary N) is 2. The summed E-state index contributed by atoms with van der Waals surface area (Å²) >= 11 is 1.62. The summed E-state index contributed by atoms with van der Waals surface area (Å²) < 4.78 is 7.36. The first-order chi connectivity index (χ1) is 15.3. The Morgan fingerprint density at radius 1 is 1.06 bits per heavy atom. The van der Waals surface area contributed by atoms with Crippen molar-refractivity contribution < 1.29 is 9.84 Å². The molecular formula is C21H23N7O2S. The number of nitrogens with zero attached hydrogens (tertiary/aromatic N) is 5. The standard InChI is InChI=1S/C21H23N7O2S/c29-9-6-22-19-18-20(28(14-23-18)17-5-12-31-13-17)26-21(25-19)24-15-1-3-16(4-2-15)27-7-10-30-11-8-27/h1-5,12-14,29H,6-11H2,(H2,22,24,25,26). The lowest BCUT2D eigenvalue weighted by molar-refractivity contribution is 0.122. The molecule has 0 bridgehead atoms. The molecule has 4 heterocycles. The van der Waals surface area contributed by atoms with Crippen molar-refractivity contribution in [3.63, 3.8) is 0 Å². The molecule has 0 atom stereocenters. The van der Waals surface area contributed by atoms with Crippen LogP contribution in [0.1, 0.15) is 0 Å². The Balaban J connectivity index is 1.45. The number of imidazole rings is 1. The minimum atomic E-state index is 0.00248. The van der Waals surface area contributed by atoms with Crippen LogP contribution >= 0.6 is 11.3 Å². The topological polar surface area (TPSA) is 100 Å². The van der Waals surface area contributed by atoms with Crippen LogP contribution in [0.15, 0.2) is 47.4 Å². The fraction of sp³-hybridized carbons (Fsp3) is 0.286. The molecule has 3 aromatic heterocycles. The summed E-state index contributed by atoms with van der Waals surface area (Å²) in [6.45, 7) is 3.70. The molecule has 1 saturated heterocycles. The third-order valence-corrected chi connectivity index (χ3v) is 5.76. The first-order valence-electron chi connectivity index (χ1n) is 10.1. The van der Waals surface area contributed by atoms with Crippen LogP contribution in [0.2, 0.25) is 0 Å². The van der Waals surface area contributed by atoms with Crippen LogP contribution in [0.3, 0.4) is 0 Å². The van der Waals surface area contributed by atoms with Gasteiger partial charge in [-0.3, -0.25) is 4.57 Å². The maximum absolute atomic E-state index is 9.24. The van der Waals surface area contributed by atoms with Crippen molar-refractivity contribution in [1.29, 1.82) is 0 Å². The molecule has 0 amide bonds. The Morgan fingerprint density at radius 2 is 1.90 bits per heavy atom. The van der Waals surface area contributed by atoms with E-state index < -0.39 is 0 Å². The highest BCUT2D eigenvalue weighted by Gasteiger charge is 2.15. The number of ether oxygens (including phenoxy) is 1. The van der Waals surface area contributed by atoms with Gasteiger partial charge in [-0.2, -0.15) is 21.3 Å². The van der Waals surface area contributed by atoms with Crippen LogP contribution < -0.4 is 15.5 Å². The van der Waals surface area contributed by atoms with Gasteiger partial charge in [-0.05, 0) is 35.7 Å². The van der Waals surface area contributed by atoms with Gasteiger partial charge in [0.2, 0.25) is 5.95 Å². The number of anilines is 4. The zero-order valence-electron chi connectivity index (χ0n) is 16.9. The zero-order valence-corrected chi connectivity index (χ0v) is 17.7. The van der Waals surface area contributed by atoms with Crippen molar-refractivity contribution in [2.75, 3.05) is 55.0 Å². The molecule has 10 heteroatoms. The van der Waals surface area contributed by atoms with Crippen molar-refractivity contribution >= 4 is 45.6 Å². The fourth-order valence-corrected chi connectivity index (χ4v) is 4.17. The van der Waals surface area contributed by atoms with Gasteiger partial charge in [0.1, 0.15) is 6.33 Å². The molecule has 0 aliphatic carbocycles. The molecule has 1 aliphatic heterocycles. The van der Waals surface area contributed by atoms with Crippen molar-refractivity contribution in [3.8, 4) is 5.69 Å². The number of aliphatic hydroxyl groups excluding tert-OH is 1. The second-order valence-corrected chi connectivity index (χ2v) is 7.87. The molecule has 1 fully saturated rings.